The van der Waals surface area contributed by atoms with Gasteiger partial charge in [-0.2, -0.15) is 0 Å². The fourth-order valence-electron chi connectivity index (χ4n) is 2.41. The van der Waals surface area contributed by atoms with Crippen molar-refractivity contribution in [2.24, 2.45) is 0 Å². The minimum absolute atomic E-state index is 0.0276. The first-order chi connectivity index (χ1) is 7.42. The summed E-state index contributed by atoms with van der Waals surface area (Å²) in [6.07, 6.45) is 0. The molecule has 4 nitrogen and oxygen atoms in total. The molecule has 1 saturated heterocycles. The molecule has 1 heterocycles. The standard InChI is InChI=1S/C12H28N4/c1-7-16-10-8-14(5)12(2,13(3)4)15(6)9-11-16/h7-11H2,1-6H3. The first-order valence-corrected chi connectivity index (χ1v) is 6.25. The van der Waals surface area contributed by atoms with E-state index in [9.17, 15) is 0 Å². The summed E-state index contributed by atoms with van der Waals surface area (Å²) in [5.74, 6) is 0.0276. The van der Waals surface area contributed by atoms with E-state index in [1.54, 1.807) is 0 Å². The lowest BCUT2D eigenvalue weighted by Gasteiger charge is -2.52. The molecule has 0 aromatic carbocycles. The van der Waals surface area contributed by atoms with Crippen molar-refractivity contribution in [1.82, 2.24) is 19.6 Å². The van der Waals surface area contributed by atoms with Crippen molar-refractivity contribution in [2.75, 3.05) is 60.9 Å². The minimum atomic E-state index is 0.0276. The number of nitrogens with zero attached hydrogens (tertiary/aromatic N) is 4. The Morgan fingerprint density at radius 1 is 1.00 bits per heavy atom. The Hall–Kier alpha value is -0.160. The first-order valence-electron chi connectivity index (χ1n) is 6.25. The zero-order valence-corrected chi connectivity index (χ0v) is 11.8. The molecule has 4 heteroatoms. The maximum absolute atomic E-state index is 2.52. The maximum atomic E-state index is 2.52. The van der Waals surface area contributed by atoms with Crippen LogP contribution in [-0.2, 0) is 0 Å². The zero-order valence-electron chi connectivity index (χ0n) is 11.8. The molecule has 1 rings (SSSR count). The third-order valence-electron chi connectivity index (χ3n) is 4.24. The van der Waals surface area contributed by atoms with Gasteiger partial charge in [0.15, 0.2) is 0 Å². The highest BCUT2D eigenvalue weighted by Crippen LogP contribution is 2.21. The van der Waals surface area contributed by atoms with E-state index in [0.29, 0.717) is 0 Å². The van der Waals surface area contributed by atoms with E-state index in [2.05, 4.69) is 61.6 Å². The molecule has 0 amide bonds. The normalized spacial score (nSPS) is 25.7. The first kappa shape index (κ1) is 13.9. The van der Waals surface area contributed by atoms with Gasteiger partial charge in [0, 0.05) is 26.2 Å². The summed E-state index contributed by atoms with van der Waals surface area (Å²) < 4.78 is 0. The number of hydrogen-bond acceptors (Lipinski definition) is 4. The Bertz CT molecular complexity index is 203. The highest BCUT2D eigenvalue weighted by atomic mass is 15.5. The van der Waals surface area contributed by atoms with Crippen LogP contribution in [0.15, 0.2) is 0 Å². The third kappa shape index (κ3) is 2.56. The molecule has 0 aromatic heterocycles. The summed E-state index contributed by atoms with van der Waals surface area (Å²) in [6.45, 7) is 10.3. The van der Waals surface area contributed by atoms with Gasteiger partial charge in [0.2, 0.25) is 0 Å². The molecule has 0 saturated carbocycles. The van der Waals surface area contributed by atoms with Crippen LogP contribution >= 0.6 is 0 Å². The molecule has 0 unspecified atom stereocenters. The van der Waals surface area contributed by atoms with Crippen molar-refractivity contribution in [2.45, 2.75) is 19.6 Å². The molecule has 16 heavy (non-hydrogen) atoms. The molecule has 0 bridgehead atoms. The molecule has 0 aliphatic carbocycles. The Balaban J connectivity index is 2.79. The minimum Gasteiger partial charge on any atom is -0.301 e. The van der Waals surface area contributed by atoms with Crippen LogP contribution in [0.3, 0.4) is 0 Å². The largest absolute Gasteiger partial charge is 0.301 e. The van der Waals surface area contributed by atoms with Crippen LogP contribution in [0.2, 0.25) is 0 Å². The van der Waals surface area contributed by atoms with Crippen LogP contribution < -0.4 is 0 Å². The third-order valence-corrected chi connectivity index (χ3v) is 4.24. The fourth-order valence-corrected chi connectivity index (χ4v) is 2.41. The van der Waals surface area contributed by atoms with Gasteiger partial charge >= 0.3 is 0 Å². The Morgan fingerprint density at radius 2 is 1.44 bits per heavy atom. The fraction of sp³-hybridized carbons (Fsp3) is 1.00. The smallest absolute Gasteiger partial charge is 0.127 e. The average Bonchev–Trinajstić information content (AvgIpc) is 2.25. The zero-order chi connectivity index (χ0) is 12.3. The van der Waals surface area contributed by atoms with Crippen molar-refractivity contribution in [3.05, 3.63) is 0 Å². The van der Waals surface area contributed by atoms with Gasteiger partial charge in [-0.25, -0.2) is 0 Å². The van der Waals surface area contributed by atoms with Gasteiger partial charge in [0.05, 0.1) is 0 Å². The van der Waals surface area contributed by atoms with Gasteiger partial charge in [-0.1, -0.05) is 6.92 Å². The summed E-state index contributed by atoms with van der Waals surface area (Å²) in [6, 6.07) is 0. The van der Waals surface area contributed by atoms with Crippen molar-refractivity contribution < 1.29 is 0 Å². The van der Waals surface area contributed by atoms with Crippen molar-refractivity contribution in [1.29, 1.82) is 0 Å². The predicted octanol–water partition coefficient (Wildman–Crippen LogP) is 0.421. The molecule has 1 fully saturated rings. The van der Waals surface area contributed by atoms with E-state index < -0.39 is 0 Å². The van der Waals surface area contributed by atoms with Gasteiger partial charge in [0.25, 0.3) is 0 Å². The van der Waals surface area contributed by atoms with E-state index >= 15 is 0 Å². The second kappa shape index (κ2) is 5.45. The molecule has 0 radical (unpaired) electrons. The molecule has 1 aliphatic heterocycles. The van der Waals surface area contributed by atoms with Crippen molar-refractivity contribution in [3.63, 3.8) is 0 Å². The molecule has 0 spiro atoms. The SMILES string of the molecule is CCN1CCN(C)C(C)(N(C)C)N(C)CC1. The molecular formula is C12H28N4. The Kier molecular flexibility index (Phi) is 4.73. The highest BCUT2D eigenvalue weighted by Gasteiger charge is 2.37. The summed E-state index contributed by atoms with van der Waals surface area (Å²) >= 11 is 0. The lowest BCUT2D eigenvalue weighted by atomic mass is 10.2. The molecular weight excluding hydrogens is 200 g/mol. The number of hydrogen-bond donors (Lipinski definition) is 0. The lowest BCUT2D eigenvalue weighted by Crippen LogP contribution is -2.67. The van der Waals surface area contributed by atoms with Gasteiger partial charge in [-0.15, -0.1) is 0 Å². The topological polar surface area (TPSA) is 13.0 Å². The second-order valence-electron chi connectivity index (χ2n) is 5.14. The van der Waals surface area contributed by atoms with Crippen LogP contribution in [0, 0.1) is 0 Å². The van der Waals surface area contributed by atoms with Crippen LogP contribution in [0.1, 0.15) is 13.8 Å². The highest BCUT2D eigenvalue weighted by molar-refractivity contribution is 4.83. The summed E-state index contributed by atoms with van der Waals surface area (Å²) in [5, 5.41) is 0. The molecule has 1 aliphatic rings. The predicted molar refractivity (Wildman–Crippen MR) is 69.5 cm³/mol. The number of likely N-dealkylation sites (N-methyl/N-ethyl adjacent to an activating group) is 3. The summed E-state index contributed by atoms with van der Waals surface area (Å²) in [4.78, 5) is 9.69. The average molecular weight is 228 g/mol. The van der Waals surface area contributed by atoms with Crippen LogP contribution in [0.5, 0.6) is 0 Å². The molecule has 96 valence electrons. The maximum Gasteiger partial charge on any atom is 0.127 e. The lowest BCUT2D eigenvalue weighted by molar-refractivity contribution is -0.128. The van der Waals surface area contributed by atoms with Crippen LogP contribution in [-0.4, -0.2) is 86.3 Å². The Morgan fingerprint density at radius 3 is 1.75 bits per heavy atom. The molecule has 0 aromatic rings. The van der Waals surface area contributed by atoms with E-state index in [1.165, 1.54) is 13.1 Å². The van der Waals surface area contributed by atoms with Gasteiger partial charge in [-0.3, -0.25) is 14.7 Å². The van der Waals surface area contributed by atoms with E-state index in [-0.39, 0.29) is 5.79 Å². The quantitative estimate of drug-likeness (QED) is 0.679. The summed E-state index contributed by atoms with van der Waals surface area (Å²) in [5.41, 5.74) is 0. The van der Waals surface area contributed by atoms with E-state index in [1.807, 2.05) is 0 Å². The van der Waals surface area contributed by atoms with Crippen molar-refractivity contribution in [3.8, 4) is 0 Å². The monoisotopic (exact) mass is 228 g/mol. The summed E-state index contributed by atoms with van der Waals surface area (Å²) in [7, 11) is 8.75. The van der Waals surface area contributed by atoms with Crippen LogP contribution in [0.25, 0.3) is 0 Å². The van der Waals surface area contributed by atoms with Crippen molar-refractivity contribution >= 4 is 0 Å². The second-order valence-corrected chi connectivity index (χ2v) is 5.14. The van der Waals surface area contributed by atoms with Gasteiger partial charge < -0.3 is 4.90 Å². The molecule has 0 atom stereocenters. The van der Waals surface area contributed by atoms with Crippen LogP contribution in [0.4, 0.5) is 0 Å². The molecule has 0 N–H and O–H groups in total. The Labute approximate surface area is 101 Å². The van der Waals surface area contributed by atoms with Gasteiger partial charge in [0.1, 0.15) is 5.79 Å². The van der Waals surface area contributed by atoms with E-state index in [0.717, 1.165) is 19.6 Å². The number of rotatable bonds is 2. The van der Waals surface area contributed by atoms with Gasteiger partial charge in [-0.05, 0) is 41.7 Å². The van der Waals surface area contributed by atoms with E-state index in [4.69, 9.17) is 0 Å².